The molecule has 2 fully saturated rings. The standard InChI is InChI=1S/C14H23N3O10/c18-2-5-7(20)9(22)11(24)13(26-5)4-1-17(16-15-4)14-12(25)10(23)8(21)6(3-19)27-14/h1,5-14,18-25H,2-3H2/t5-,6-,7-,8-,9+,10-,11+,12-,13-,14+/m1/s1. The predicted octanol–water partition coefficient (Wildman–Crippen LogP) is -5.23. The van der Waals surface area contributed by atoms with Crippen molar-refractivity contribution in [3.63, 3.8) is 0 Å². The van der Waals surface area contributed by atoms with Crippen LogP contribution >= 0.6 is 0 Å². The van der Waals surface area contributed by atoms with E-state index in [0.717, 1.165) is 4.68 Å². The Bertz CT molecular complexity index is 578. The topological polar surface area (TPSA) is 211 Å². The number of ether oxygens (including phenoxy) is 2. The number of rotatable bonds is 4. The van der Waals surface area contributed by atoms with Gasteiger partial charge in [-0.2, -0.15) is 0 Å². The highest BCUT2D eigenvalue weighted by Gasteiger charge is 2.47. The number of hydrogen-bond donors (Lipinski definition) is 8. The van der Waals surface area contributed by atoms with E-state index in [0.29, 0.717) is 0 Å². The van der Waals surface area contributed by atoms with Crippen molar-refractivity contribution in [1.82, 2.24) is 15.0 Å². The minimum atomic E-state index is -1.61. The quantitative estimate of drug-likeness (QED) is 0.241. The zero-order valence-corrected chi connectivity index (χ0v) is 14.0. The van der Waals surface area contributed by atoms with Gasteiger partial charge in [-0.1, -0.05) is 5.21 Å². The van der Waals surface area contributed by atoms with Crippen molar-refractivity contribution in [1.29, 1.82) is 0 Å². The summed E-state index contributed by atoms with van der Waals surface area (Å²) in [5.74, 6) is 0. The van der Waals surface area contributed by atoms with Crippen molar-refractivity contribution in [2.45, 2.75) is 61.2 Å². The van der Waals surface area contributed by atoms with Gasteiger partial charge in [0.05, 0.1) is 19.4 Å². The van der Waals surface area contributed by atoms with Gasteiger partial charge in [0.2, 0.25) is 0 Å². The summed E-state index contributed by atoms with van der Waals surface area (Å²) in [5, 5.41) is 85.5. The van der Waals surface area contributed by atoms with Crippen molar-refractivity contribution >= 4 is 0 Å². The maximum Gasteiger partial charge on any atom is 0.180 e. The molecule has 27 heavy (non-hydrogen) atoms. The molecule has 13 heteroatoms. The van der Waals surface area contributed by atoms with Crippen molar-refractivity contribution in [2.75, 3.05) is 13.2 Å². The maximum atomic E-state index is 10.1. The van der Waals surface area contributed by atoms with Gasteiger partial charge in [-0.05, 0) is 0 Å². The molecule has 0 radical (unpaired) electrons. The molecule has 8 N–H and O–H groups in total. The molecule has 2 aliphatic heterocycles. The van der Waals surface area contributed by atoms with Crippen LogP contribution in [0.25, 0.3) is 0 Å². The Labute approximate surface area is 152 Å². The van der Waals surface area contributed by atoms with E-state index in [1.54, 1.807) is 0 Å². The monoisotopic (exact) mass is 393 g/mol. The van der Waals surface area contributed by atoms with Crippen molar-refractivity contribution in [3.05, 3.63) is 11.9 Å². The van der Waals surface area contributed by atoms with Crippen LogP contribution in [0.15, 0.2) is 6.20 Å². The number of aliphatic hydroxyl groups excluding tert-OH is 8. The second-order valence-corrected chi connectivity index (χ2v) is 6.59. The molecule has 0 bridgehead atoms. The molecule has 3 heterocycles. The van der Waals surface area contributed by atoms with Crippen LogP contribution in [0.4, 0.5) is 0 Å². The molecule has 1 aromatic rings. The number of nitrogens with zero attached hydrogens (tertiary/aromatic N) is 3. The van der Waals surface area contributed by atoms with Gasteiger partial charge in [0.15, 0.2) is 6.23 Å². The minimum absolute atomic E-state index is 0.00357. The summed E-state index contributed by atoms with van der Waals surface area (Å²) >= 11 is 0. The van der Waals surface area contributed by atoms with Gasteiger partial charge in [0.25, 0.3) is 0 Å². The fourth-order valence-corrected chi connectivity index (χ4v) is 3.19. The molecule has 0 spiro atoms. The molecule has 3 rings (SSSR count). The van der Waals surface area contributed by atoms with Crippen molar-refractivity contribution in [2.24, 2.45) is 0 Å². The highest BCUT2D eigenvalue weighted by molar-refractivity contribution is 5.07. The van der Waals surface area contributed by atoms with Gasteiger partial charge < -0.3 is 50.3 Å². The second kappa shape index (κ2) is 8.00. The lowest BCUT2D eigenvalue weighted by Gasteiger charge is -2.40. The third-order valence-electron chi connectivity index (χ3n) is 4.84. The van der Waals surface area contributed by atoms with Crippen molar-refractivity contribution in [3.8, 4) is 0 Å². The van der Waals surface area contributed by atoms with Crippen molar-refractivity contribution < 1.29 is 50.3 Å². The van der Waals surface area contributed by atoms with Gasteiger partial charge >= 0.3 is 0 Å². The molecule has 2 aliphatic rings. The summed E-state index contributed by atoms with van der Waals surface area (Å²) < 4.78 is 11.7. The Balaban J connectivity index is 1.82. The van der Waals surface area contributed by atoms with E-state index in [4.69, 9.17) is 9.47 Å². The Morgan fingerprint density at radius 1 is 0.778 bits per heavy atom. The first kappa shape index (κ1) is 20.5. The zero-order valence-electron chi connectivity index (χ0n) is 14.0. The Morgan fingerprint density at radius 2 is 1.33 bits per heavy atom. The van der Waals surface area contributed by atoms with E-state index < -0.39 is 74.4 Å². The maximum absolute atomic E-state index is 10.1. The normalized spacial score (nSPS) is 45.8. The molecule has 0 amide bonds. The molecule has 0 unspecified atom stereocenters. The fourth-order valence-electron chi connectivity index (χ4n) is 3.19. The average Bonchev–Trinajstić information content (AvgIpc) is 3.14. The molecule has 1 aromatic heterocycles. The van der Waals surface area contributed by atoms with E-state index >= 15 is 0 Å². The van der Waals surface area contributed by atoms with Crippen LogP contribution in [-0.4, -0.2) is 118 Å². The molecular formula is C14H23N3O10. The van der Waals surface area contributed by atoms with Crippen LogP contribution in [0.5, 0.6) is 0 Å². The average molecular weight is 393 g/mol. The molecular weight excluding hydrogens is 370 g/mol. The van der Waals surface area contributed by atoms with Gasteiger partial charge in [-0.25, -0.2) is 4.68 Å². The summed E-state index contributed by atoms with van der Waals surface area (Å²) in [4.78, 5) is 0. The van der Waals surface area contributed by atoms with E-state index in [9.17, 15) is 40.9 Å². The van der Waals surface area contributed by atoms with Gasteiger partial charge in [-0.15, -0.1) is 5.10 Å². The van der Waals surface area contributed by atoms with E-state index in [-0.39, 0.29) is 5.69 Å². The highest BCUT2D eigenvalue weighted by Crippen LogP contribution is 2.33. The third kappa shape index (κ3) is 3.58. The molecule has 10 atom stereocenters. The zero-order chi connectivity index (χ0) is 19.9. The smallest absolute Gasteiger partial charge is 0.180 e. The van der Waals surface area contributed by atoms with Crippen LogP contribution in [0, 0.1) is 0 Å². The molecule has 13 nitrogen and oxygen atoms in total. The van der Waals surface area contributed by atoms with E-state index in [2.05, 4.69) is 10.3 Å². The molecule has 2 saturated heterocycles. The first-order chi connectivity index (χ1) is 12.8. The summed E-state index contributed by atoms with van der Waals surface area (Å²) in [6, 6.07) is 0. The number of hydrogen-bond acceptors (Lipinski definition) is 12. The number of aromatic nitrogens is 3. The summed E-state index contributed by atoms with van der Waals surface area (Å²) in [5.41, 5.74) is 0.00357. The SMILES string of the molecule is OC[C@H]1O[C@H](c2cn([C@H]3O[C@H](CO)[C@@H](O)[C@@H](O)[C@H]3O)nn2)[C@@H](O)[C@@H](O)[C@@H]1O. The predicted molar refractivity (Wildman–Crippen MR) is 81.8 cm³/mol. The largest absolute Gasteiger partial charge is 0.394 e. The molecule has 154 valence electrons. The molecule has 0 aromatic carbocycles. The van der Waals surface area contributed by atoms with Gasteiger partial charge in [-0.3, -0.25) is 0 Å². The fraction of sp³-hybridized carbons (Fsp3) is 0.857. The Hall–Kier alpha value is -1.26. The summed E-state index contributed by atoms with van der Waals surface area (Å²) in [6.07, 6.45) is -13.0. The van der Waals surface area contributed by atoms with Crippen LogP contribution in [0.1, 0.15) is 18.0 Å². The highest BCUT2D eigenvalue weighted by atomic mass is 16.6. The molecule has 0 saturated carbocycles. The van der Waals surface area contributed by atoms with Crippen LogP contribution < -0.4 is 0 Å². The van der Waals surface area contributed by atoms with E-state index in [1.165, 1.54) is 6.20 Å². The van der Waals surface area contributed by atoms with Gasteiger partial charge in [0.1, 0.15) is 60.6 Å². The van der Waals surface area contributed by atoms with Gasteiger partial charge in [0, 0.05) is 0 Å². The first-order valence-electron chi connectivity index (χ1n) is 8.32. The van der Waals surface area contributed by atoms with Crippen LogP contribution in [0.2, 0.25) is 0 Å². The summed E-state index contributed by atoms with van der Waals surface area (Å²) in [7, 11) is 0. The first-order valence-corrected chi connectivity index (χ1v) is 8.32. The Kier molecular flexibility index (Phi) is 6.07. The number of aliphatic hydroxyl groups is 8. The Morgan fingerprint density at radius 3 is 1.93 bits per heavy atom. The molecule has 0 aliphatic carbocycles. The lowest BCUT2D eigenvalue weighted by Crippen LogP contribution is -2.56. The van der Waals surface area contributed by atoms with Crippen LogP contribution in [-0.2, 0) is 9.47 Å². The van der Waals surface area contributed by atoms with Crippen LogP contribution in [0.3, 0.4) is 0 Å². The van der Waals surface area contributed by atoms with E-state index in [1.807, 2.05) is 0 Å². The third-order valence-corrected chi connectivity index (χ3v) is 4.84. The lowest BCUT2D eigenvalue weighted by molar-refractivity contribution is -0.254. The lowest BCUT2D eigenvalue weighted by atomic mass is 9.94. The second-order valence-electron chi connectivity index (χ2n) is 6.59. The summed E-state index contributed by atoms with van der Waals surface area (Å²) in [6.45, 7) is -1.22. The minimum Gasteiger partial charge on any atom is -0.394 e.